The summed E-state index contributed by atoms with van der Waals surface area (Å²) in [6.07, 6.45) is -0.261. The SMILES string of the molecule is CC(C)Oc1cc(C2C(c3ccccc3)C(c3cc(OC(C)C)nc(OC(C)C)n3)C2c2ccccc2)nc(OC(C)C)n1. The number of benzene rings is 2. The van der Waals surface area contributed by atoms with E-state index >= 15 is 0 Å². The molecule has 8 heteroatoms. The van der Waals surface area contributed by atoms with Gasteiger partial charge in [-0.2, -0.15) is 19.9 Å². The summed E-state index contributed by atoms with van der Waals surface area (Å²) in [5, 5.41) is 0. The zero-order valence-electron chi connectivity index (χ0n) is 27.0. The highest BCUT2D eigenvalue weighted by Crippen LogP contribution is 2.66. The quantitative estimate of drug-likeness (QED) is 0.163. The van der Waals surface area contributed by atoms with Crippen molar-refractivity contribution in [2.24, 2.45) is 0 Å². The van der Waals surface area contributed by atoms with Crippen molar-refractivity contribution in [2.75, 3.05) is 0 Å². The molecule has 2 aromatic heterocycles. The van der Waals surface area contributed by atoms with Crippen LogP contribution in [0.5, 0.6) is 23.8 Å². The zero-order chi connectivity index (χ0) is 31.4. The van der Waals surface area contributed by atoms with Crippen LogP contribution < -0.4 is 18.9 Å². The molecule has 44 heavy (non-hydrogen) atoms. The number of aromatic nitrogens is 4. The van der Waals surface area contributed by atoms with E-state index in [-0.39, 0.29) is 48.1 Å². The first-order valence-corrected chi connectivity index (χ1v) is 15.6. The lowest BCUT2D eigenvalue weighted by molar-refractivity contribution is 0.185. The van der Waals surface area contributed by atoms with E-state index in [0.29, 0.717) is 23.8 Å². The van der Waals surface area contributed by atoms with Crippen molar-refractivity contribution in [3.8, 4) is 23.8 Å². The molecule has 5 rings (SSSR count). The van der Waals surface area contributed by atoms with Gasteiger partial charge in [-0.3, -0.25) is 0 Å². The molecule has 0 aliphatic heterocycles. The largest absolute Gasteiger partial charge is 0.475 e. The maximum absolute atomic E-state index is 6.11. The average Bonchev–Trinajstić information content (AvgIpc) is 2.92. The minimum absolute atomic E-state index is 0.0178. The third-order valence-corrected chi connectivity index (χ3v) is 7.40. The third-order valence-electron chi connectivity index (χ3n) is 7.40. The lowest BCUT2D eigenvalue weighted by Gasteiger charge is -2.52. The Labute approximate surface area is 261 Å². The molecule has 0 atom stereocenters. The Bertz CT molecular complexity index is 1330. The topological polar surface area (TPSA) is 88.5 Å². The molecule has 1 aliphatic carbocycles. The Kier molecular flexibility index (Phi) is 9.67. The predicted molar refractivity (Wildman–Crippen MR) is 171 cm³/mol. The maximum Gasteiger partial charge on any atom is 0.320 e. The Hall–Kier alpha value is -4.20. The van der Waals surface area contributed by atoms with Crippen molar-refractivity contribution in [1.29, 1.82) is 0 Å². The van der Waals surface area contributed by atoms with Crippen LogP contribution in [-0.2, 0) is 0 Å². The van der Waals surface area contributed by atoms with Crippen LogP contribution in [0.4, 0.5) is 0 Å². The Morgan fingerprint density at radius 2 is 0.773 bits per heavy atom. The smallest absolute Gasteiger partial charge is 0.320 e. The predicted octanol–water partition coefficient (Wildman–Crippen LogP) is 7.86. The van der Waals surface area contributed by atoms with Crippen LogP contribution in [0.1, 0.15) is 102 Å². The van der Waals surface area contributed by atoms with Crippen LogP contribution in [0.25, 0.3) is 0 Å². The maximum atomic E-state index is 6.11. The minimum Gasteiger partial charge on any atom is -0.475 e. The van der Waals surface area contributed by atoms with Gasteiger partial charge in [0.25, 0.3) is 0 Å². The second-order valence-electron chi connectivity index (χ2n) is 12.4. The molecule has 4 aromatic rings. The molecule has 1 fully saturated rings. The molecule has 0 N–H and O–H groups in total. The van der Waals surface area contributed by atoms with E-state index in [2.05, 4.69) is 58.5 Å². The van der Waals surface area contributed by atoms with Gasteiger partial charge in [0.15, 0.2) is 0 Å². The van der Waals surface area contributed by atoms with Crippen LogP contribution in [0, 0.1) is 0 Å². The molecule has 0 bridgehead atoms. The summed E-state index contributed by atoms with van der Waals surface area (Å²) in [5.74, 6) is 1.04. The molecule has 0 unspecified atom stereocenters. The highest BCUT2D eigenvalue weighted by atomic mass is 16.5. The van der Waals surface area contributed by atoms with Crippen molar-refractivity contribution in [2.45, 2.75) is 103 Å². The van der Waals surface area contributed by atoms with E-state index in [1.54, 1.807) is 0 Å². The number of hydrogen-bond donors (Lipinski definition) is 0. The molecule has 2 aromatic carbocycles. The van der Waals surface area contributed by atoms with Gasteiger partial charge < -0.3 is 18.9 Å². The molecule has 0 radical (unpaired) electrons. The van der Waals surface area contributed by atoms with Crippen LogP contribution >= 0.6 is 0 Å². The fourth-order valence-corrected chi connectivity index (χ4v) is 5.98. The van der Waals surface area contributed by atoms with E-state index in [0.717, 1.165) is 11.4 Å². The first-order chi connectivity index (χ1) is 21.1. The second-order valence-corrected chi connectivity index (χ2v) is 12.4. The number of nitrogens with zero attached hydrogens (tertiary/aromatic N) is 4. The van der Waals surface area contributed by atoms with E-state index in [9.17, 15) is 0 Å². The van der Waals surface area contributed by atoms with Crippen LogP contribution in [0.2, 0.25) is 0 Å². The third kappa shape index (κ3) is 7.29. The van der Waals surface area contributed by atoms with Gasteiger partial charge in [0, 0.05) is 35.8 Å². The summed E-state index contributed by atoms with van der Waals surface area (Å²) in [4.78, 5) is 19.2. The summed E-state index contributed by atoms with van der Waals surface area (Å²) in [5.41, 5.74) is 4.14. The number of hydrogen-bond acceptors (Lipinski definition) is 8. The van der Waals surface area contributed by atoms with Gasteiger partial charge in [0.2, 0.25) is 11.8 Å². The van der Waals surface area contributed by atoms with E-state index in [1.807, 2.05) is 79.7 Å². The minimum atomic E-state index is -0.0825. The van der Waals surface area contributed by atoms with E-state index < -0.39 is 0 Å². The van der Waals surface area contributed by atoms with Gasteiger partial charge in [0.1, 0.15) is 0 Å². The Balaban J connectivity index is 1.71. The fraction of sp³-hybridized carbons (Fsp3) is 0.444. The lowest BCUT2D eigenvalue weighted by atomic mass is 9.50. The molecule has 0 saturated heterocycles. The monoisotopic (exact) mass is 596 g/mol. The second kappa shape index (κ2) is 13.6. The molecule has 1 aliphatic rings. The van der Waals surface area contributed by atoms with Gasteiger partial charge in [-0.1, -0.05) is 60.7 Å². The first kappa shape index (κ1) is 31.2. The molecule has 0 amide bonds. The van der Waals surface area contributed by atoms with E-state index in [4.69, 9.17) is 28.9 Å². The summed E-state index contributed by atoms with van der Waals surface area (Å²) in [7, 11) is 0. The van der Waals surface area contributed by atoms with Crippen molar-refractivity contribution < 1.29 is 18.9 Å². The first-order valence-electron chi connectivity index (χ1n) is 15.6. The van der Waals surface area contributed by atoms with Crippen molar-refractivity contribution in [3.05, 3.63) is 95.3 Å². The Morgan fingerprint density at radius 3 is 1.09 bits per heavy atom. The molecule has 1 saturated carbocycles. The van der Waals surface area contributed by atoms with Gasteiger partial charge in [0.05, 0.1) is 35.8 Å². The average molecular weight is 597 g/mol. The van der Waals surface area contributed by atoms with Gasteiger partial charge in [-0.15, -0.1) is 0 Å². The van der Waals surface area contributed by atoms with Gasteiger partial charge >= 0.3 is 12.0 Å². The lowest BCUT2D eigenvalue weighted by Crippen LogP contribution is -2.41. The van der Waals surface area contributed by atoms with Crippen molar-refractivity contribution >= 4 is 0 Å². The normalized spacial score (nSPS) is 19.7. The highest BCUT2D eigenvalue weighted by molar-refractivity contribution is 5.47. The summed E-state index contributed by atoms with van der Waals surface area (Å²) in [6.45, 7) is 15.9. The number of rotatable bonds is 12. The van der Waals surface area contributed by atoms with Crippen LogP contribution in [0.3, 0.4) is 0 Å². The molecular formula is C36H44N4O4. The van der Waals surface area contributed by atoms with Gasteiger partial charge in [-0.05, 0) is 66.5 Å². The van der Waals surface area contributed by atoms with Crippen LogP contribution in [0.15, 0.2) is 72.8 Å². The Morgan fingerprint density at radius 1 is 0.432 bits per heavy atom. The summed E-state index contributed by atoms with van der Waals surface area (Å²) in [6, 6.07) is 25.7. The highest BCUT2D eigenvalue weighted by Gasteiger charge is 2.54. The molecule has 2 heterocycles. The van der Waals surface area contributed by atoms with E-state index in [1.165, 1.54) is 11.1 Å². The van der Waals surface area contributed by atoms with Gasteiger partial charge in [-0.25, -0.2) is 0 Å². The van der Waals surface area contributed by atoms with Crippen molar-refractivity contribution in [1.82, 2.24) is 19.9 Å². The fourth-order valence-electron chi connectivity index (χ4n) is 5.98. The molecular weight excluding hydrogens is 552 g/mol. The summed E-state index contributed by atoms with van der Waals surface area (Å²) < 4.78 is 24.3. The zero-order valence-corrected chi connectivity index (χ0v) is 27.0. The number of ether oxygens (including phenoxy) is 4. The standard InChI is InChI=1S/C36H44N4O4/c1-21(2)41-29-19-27(37-35(39-29)43-23(5)6)33-31(25-15-11-9-12-16-25)34(32(33)26-17-13-10-14-18-26)28-20-30(42-22(3)4)40-36(38-28)44-24(7)8/h9-24,31-34H,1-8H3. The molecule has 0 spiro atoms. The molecule has 232 valence electrons. The van der Waals surface area contributed by atoms with Crippen LogP contribution in [-0.4, -0.2) is 44.4 Å². The summed E-state index contributed by atoms with van der Waals surface area (Å²) >= 11 is 0. The van der Waals surface area contributed by atoms with Crippen molar-refractivity contribution in [3.63, 3.8) is 0 Å². The molecule has 8 nitrogen and oxygen atoms in total.